The third-order valence-electron chi connectivity index (χ3n) is 2.51. The highest BCUT2D eigenvalue weighted by Gasteiger charge is 2.14. The van der Waals surface area contributed by atoms with Gasteiger partial charge < -0.3 is 0 Å². The predicted octanol–water partition coefficient (Wildman–Crippen LogP) is 4.31. The van der Waals surface area contributed by atoms with Crippen molar-refractivity contribution < 1.29 is 0 Å². The van der Waals surface area contributed by atoms with Gasteiger partial charge in [0.1, 0.15) is 0 Å². The molecular weight excluding hydrogens is 286 g/mol. The van der Waals surface area contributed by atoms with Crippen LogP contribution in [0.4, 0.5) is 0 Å². The number of nitrogens with one attached hydrogen (secondary N) is 1. The van der Waals surface area contributed by atoms with Crippen LogP contribution in [0.15, 0.2) is 41.8 Å². The van der Waals surface area contributed by atoms with E-state index >= 15 is 0 Å². The molecule has 0 aliphatic rings. The number of hydrogen-bond acceptors (Lipinski definition) is 3. The Labute approximate surface area is 118 Å². The highest BCUT2D eigenvalue weighted by atomic mass is 35.5. The third-order valence-corrected chi connectivity index (χ3v) is 4.12. The molecule has 3 aromatic rings. The van der Waals surface area contributed by atoms with Crippen molar-refractivity contribution in [1.29, 1.82) is 0 Å². The van der Waals surface area contributed by atoms with Gasteiger partial charge in [-0.15, -0.1) is 11.3 Å². The molecule has 1 aromatic carbocycles. The first kappa shape index (κ1) is 11.6. The zero-order valence-corrected chi connectivity index (χ0v) is 11.5. The summed E-state index contributed by atoms with van der Waals surface area (Å²) in [6.45, 7) is 0. The maximum absolute atomic E-state index is 6.15. The van der Waals surface area contributed by atoms with Gasteiger partial charge in [0.15, 0.2) is 10.6 Å². The van der Waals surface area contributed by atoms with Crippen molar-refractivity contribution in [3.05, 3.63) is 51.6 Å². The molecule has 6 heteroatoms. The van der Waals surface area contributed by atoms with Gasteiger partial charge in [0.2, 0.25) is 0 Å². The lowest BCUT2D eigenvalue weighted by atomic mass is 10.3. The number of thiophene rings is 1. The van der Waals surface area contributed by atoms with Gasteiger partial charge in [0.25, 0.3) is 0 Å². The number of aromatic amines is 1. The van der Waals surface area contributed by atoms with Crippen LogP contribution in [0, 0.1) is 4.77 Å². The Hall–Kier alpha value is -1.43. The van der Waals surface area contributed by atoms with Gasteiger partial charge in [-0.3, -0.25) is 9.67 Å². The number of halogens is 1. The quantitative estimate of drug-likeness (QED) is 0.714. The summed E-state index contributed by atoms with van der Waals surface area (Å²) in [5.74, 6) is 0.742. The van der Waals surface area contributed by atoms with E-state index in [1.54, 1.807) is 11.3 Å². The van der Waals surface area contributed by atoms with Gasteiger partial charge in [-0.1, -0.05) is 29.8 Å². The first-order valence-corrected chi connectivity index (χ1v) is 6.90. The van der Waals surface area contributed by atoms with Gasteiger partial charge in [-0.2, -0.15) is 5.10 Å². The van der Waals surface area contributed by atoms with E-state index in [9.17, 15) is 0 Å². The molecule has 0 radical (unpaired) electrons. The fourth-order valence-electron chi connectivity index (χ4n) is 1.72. The lowest BCUT2D eigenvalue weighted by Crippen LogP contribution is -1.96. The van der Waals surface area contributed by atoms with Crippen LogP contribution in [0.2, 0.25) is 5.02 Å². The average molecular weight is 294 g/mol. The molecule has 0 fully saturated rings. The number of aromatic nitrogens is 3. The predicted molar refractivity (Wildman–Crippen MR) is 77.1 cm³/mol. The zero-order valence-electron chi connectivity index (χ0n) is 9.13. The SMILES string of the molecule is S=c1[nH]nc(-c2sccc2Cl)n1-c1ccccc1. The second kappa shape index (κ2) is 4.68. The summed E-state index contributed by atoms with van der Waals surface area (Å²) < 4.78 is 2.44. The van der Waals surface area contributed by atoms with E-state index in [-0.39, 0.29) is 0 Å². The van der Waals surface area contributed by atoms with Crippen LogP contribution < -0.4 is 0 Å². The van der Waals surface area contributed by atoms with Crippen molar-refractivity contribution in [2.75, 3.05) is 0 Å². The van der Waals surface area contributed by atoms with Crippen molar-refractivity contribution in [3.63, 3.8) is 0 Å². The Kier molecular flexibility index (Phi) is 3.03. The molecule has 3 nitrogen and oxygen atoms in total. The molecule has 1 N–H and O–H groups in total. The summed E-state index contributed by atoms with van der Waals surface area (Å²) >= 11 is 13.0. The molecule has 3 rings (SSSR count). The van der Waals surface area contributed by atoms with Gasteiger partial charge in [0.05, 0.1) is 9.90 Å². The van der Waals surface area contributed by atoms with E-state index in [0.717, 1.165) is 16.4 Å². The molecule has 0 aliphatic carbocycles. The molecule has 0 atom stereocenters. The Bertz CT molecular complexity index is 727. The summed E-state index contributed by atoms with van der Waals surface area (Å²) in [6, 6.07) is 11.7. The summed E-state index contributed by atoms with van der Waals surface area (Å²) in [6.07, 6.45) is 0. The third kappa shape index (κ3) is 1.90. The standard InChI is InChI=1S/C12H8ClN3S2/c13-9-6-7-18-10(9)11-14-15-12(17)16(11)8-4-2-1-3-5-8/h1-7H,(H,15,17). The number of para-hydroxylation sites is 1. The molecule has 18 heavy (non-hydrogen) atoms. The van der Waals surface area contributed by atoms with Crippen LogP contribution in [0.3, 0.4) is 0 Å². The molecule has 0 spiro atoms. The van der Waals surface area contributed by atoms with Crippen LogP contribution in [-0.4, -0.2) is 14.8 Å². The largest absolute Gasteiger partial charge is 0.267 e. The first-order chi connectivity index (χ1) is 8.77. The van der Waals surface area contributed by atoms with Gasteiger partial charge in [-0.25, -0.2) is 0 Å². The summed E-state index contributed by atoms with van der Waals surface area (Å²) in [7, 11) is 0. The molecule has 2 aromatic heterocycles. The van der Waals surface area contributed by atoms with E-state index in [0.29, 0.717) is 9.79 Å². The fraction of sp³-hybridized carbons (Fsp3) is 0. The summed E-state index contributed by atoms with van der Waals surface area (Å²) in [5, 5.41) is 9.70. The number of H-pyrrole nitrogens is 1. The lowest BCUT2D eigenvalue weighted by molar-refractivity contribution is 1.04. The molecule has 0 saturated carbocycles. The molecule has 90 valence electrons. The maximum atomic E-state index is 6.15. The fourth-order valence-corrected chi connectivity index (χ4v) is 3.08. The minimum Gasteiger partial charge on any atom is -0.267 e. The Morgan fingerprint density at radius 2 is 2.00 bits per heavy atom. The highest BCUT2D eigenvalue weighted by molar-refractivity contribution is 7.71. The molecule has 2 heterocycles. The Morgan fingerprint density at radius 3 is 2.67 bits per heavy atom. The smallest absolute Gasteiger partial charge is 0.200 e. The molecule has 0 saturated heterocycles. The average Bonchev–Trinajstić information content (AvgIpc) is 2.96. The van der Waals surface area contributed by atoms with Crippen molar-refractivity contribution >= 4 is 35.2 Å². The van der Waals surface area contributed by atoms with E-state index in [2.05, 4.69) is 10.2 Å². The lowest BCUT2D eigenvalue weighted by Gasteiger charge is -2.05. The topological polar surface area (TPSA) is 33.6 Å². The normalized spacial score (nSPS) is 10.7. The minimum atomic E-state index is 0.556. The Morgan fingerprint density at radius 1 is 1.22 bits per heavy atom. The van der Waals surface area contributed by atoms with E-state index < -0.39 is 0 Å². The molecular formula is C12H8ClN3S2. The van der Waals surface area contributed by atoms with Crippen LogP contribution in [0.1, 0.15) is 0 Å². The van der Waals surface area contributed by atoms with Crippen molar-refractivity contribution in [3.8, 4) is 16.4 Å². The van der Waals surface area contributed by atoms with Crippen LogP contribution in [-0.2, 0) is 0 Å². The molecule has 0 amide bonds. The van der Waals surface area contributed by atoms with Gasteiger partial charge in [0, 0.05) is 5.69 Å². The van der Waals surface area contributed by atoms with Crippen LogP contribution in [0.5, 0.6) is 0 Å². The van der Waals surface area contributed by atoms with E-state index in [1.807, 2.05) is 46.3 Å². The maximum Gasteiger partial charge on any atom is 0.200 e. The van der Waals surface area contributed by atoms with Gasteiger partial charge in [-0.05, 0) is 35.8 Å². The van der Waals surface area contributed by atoms with Gasteiger partial charge >= 0.3 is 0 Å². The summed E-state index contributed by atoms with van der Waals surface area (Å²) in [4.78, 5) is 0.910. The zero-order chi connectivity index (χ0) is 12.5. The second-order valence-electron chi connectivity index (χ2n) is 3.62. The molecule has 0 bridgehead atoms. The number of benzene rings is 1. The van der Waals surface area contributed by atoms with Crippen LogP contribution >= 0.6 is 35.2 Å². The van der Waals surface area contributed by atoms with E-state index in [1.165, 1.54) is 0 Å². The monoisotopic (exact) mass is 293 g/mol. The number of rotatable bonds is 2. The minimum absolute atomic E-state index is 0.556. The molecule has 0 aliphatic heterocycles. The first-order valence-electron chi connectivity index (χ1n) is 5.23. The van der Waals surface area contributed by atoms with Crippen molar-refractivity contribution in [2.45, 2.75) is 0 Å². The summed E-state index contributed by atoms with van der Waals surface area (Å²) in [5.41, 5.74) is 0.968. The molecule has 0 unspecified atom stereocenters. The second-order valence-corrected chi connectivity index (χ2v) is 5.33. The van der Waals surface area contributed by atoms with Crippen molar-refractivity contribution in [1.82, 2.24) is 14.8 Å². The van der Waals surface area contributed by atoms with Crippen molar-refractivity contribution in [2.24, 2.45) is 0 Å². The van der Waals surface area contributed by atoms with Crippen LogP contribution in [0.25, 0.3) is 16.4 Å². The highest BCUT2D eigenvalue weighted by Crippen LogP contribution is 2.33. The van der Waals surface area contributed by atoms with E-state index in [4.69, 9.17) is 23.8 Å². The number of hydrogen-bond donors (Lipinski definition) is 1. The number of nitrogens with zero attached hydrogens (tertiary/aromatic N) is 2. The Balaban J connectivity index is 2.26.